The van der Waals surface area contributed by atoms with Crippen LogP contribution >= 0.6 is 0 Å². The highest BCUT2D eigenvalue weighted by Crippen LogP contribution is 2.31. The third kappa shape index (κ3) is 5.52. The number of carbonyl (C=O) groups is 2. The summed E-state index contributed by atoms with van der Waals surface area (Å²) in [4.78, 5) is 34.1. The zero-order chi connectivity index (χ0) is 27.5. The first-order chi connectivity index (χ1) is 18.1. The molecule has 200 valence electrons. The summed E-state index contributed by atoms with van der Waals surface area (Å²) in [5, 5.41) is 9.84. The molecule has 2 N–H and O–H groups in total. The second kappa shape index (κ2) is 10.6. The third-order valence-electron chi connectivity index (χ3n) is 5.67. The molecule has 1 aliphatic rings. The van der Waals surface area contributed by atoms with Crippen LogP contribution in [-0.2, 0) is 15.0 Å². The zero-order valence-corrected chi connectivity index (χ0v) is 22.4. The molecule has 0 aliphatic carbocycles. The van der Waals surface area contributed by atoms with Crippen LogP contribution in [0.1, 0.15) is 56.6 Å². The number of nitrogens with one attached hydrogen (secondary N) is 2. The van der Waals surface area contributed by atoms with E-state index in [-0.39, 0.29) is 25.0 Å². The lowest BCUT2D eigenvalue weighted by Crippen LogP contribution is -2.60. The number of rotatable bonds is 5. The molecule has 5 rings (SSSR count). The Balaban J connectivity index is 0.00000164. The maximum Gasteiger partial charge on any atom is 0.408 e. The van der Waals surface area contributed by atoms with Crippen LogP contribution in [0.15, 0.2) is 53.3 Å². The normalized spacial score (nSPS) is 14.2. The van der Waals surface area contributed by atoms with Crippen LogP contribution in [0.2, 0.25) is 0 Å². The number of carbonyl (C=O) groups excluding carboxylic acids is 2. The van der Waals surface area contributed by atoms with Crippen molar-refractivity contribution in [2.75, 3.05) is 18.5 Å². The van der Waals surface area contributed by atoms with Crippen molar-refractivity contribution < 1.29 is 23.6 Å². The second-order valence-corrected chi connectivity index (χ2v) is 9.68. The molecule has 2 amide bonds. The number of pyridine rings is 1. The predicted octanol–water partition coefficient (Wildman–Crippen LogP) is 4.72. The van der Waals surface area contributed by atoms with E-state index in [0.29, 0.717) is 28.4 Å². The number of aromatic nitrogens is 4. The van der Waals surface area contributed by atoms with Gasteiger partial charge in [-0.2, -0.15) is 4.98 Å². The van der Waals surface area contributed by atoms with E-state index in [1.54, 1.807) is 37.4 Å². The molecule has 1 aromatic carbocycles. The van der Waals surface area contributed by atoms with Crippen LogP contribution in [0.3, 0.4) is 0 Å². The second-order valence-electron chi connectivity index (χ2n) is 9.68. The number of hydrogen-bond acceptors (Lipinski definition) is 8. The van der Waals surface area contributed by atoms with Crippen LogP contribution < -0.4 is 10.6 Å². The lowest BCUT2D eigenvalue weighted by molar-refractivity contribution is -0.0933. The number of nitrogens with zero attached hydrogens (tertiary/aromatic N) is 4. The molecule has 0 spiro atoms. The van der Waals surface area contributed by atoms with Crippen molar-refractivity contribution >= 4 is 23.3 Å². The Morgan fingerprint density at radius 1 is 1.13 bits per heavy atom. The topological polar surface area (TPSA) is 133 Å². The molecule has 4 aromatic rings. The summed E-state index contributed by atoms with van der Waals surface area (Å²) < 4.78 is 17.9. The molecule has 3 aromatic heterocycles. The van der Waals surface area contributed by atoms with Crippen molar-refractivity contribution in [2.24, 2.45) is 0 Å². The van der Waals surface area contributed by atoms with E-state index in [1.807, 2.05) is 51.1 Å². The lowest BCUT2D eigenvalue weighted by Gasteiger charge is -2.38. The number of alkyl carbamates (subject to hydrolysis) is 1. The summed E-state index contributed by atoms with van der Waals surface area (Å²) in [7, 11) is 0. The molecule has 0 bridgehead atoms. The van der Waals surface area contributed by atoms with E-state index in [0.717, 1.165) is 5.56 Å². The van der Waals surface area contributed by atoms with Gasteiger partial charge in [-0.15, -0.1) is 0 Å². The average Bonchev–Trinajstić information content (AvgIpc) is 3.51. The minimum Gasteiger partial charge on any atom is -0.444 e. The van der Waals surface area contributed by atoms with Crippen molar-refractivity contribution in [1.29, 1.82) is 0 Å². The first-order valence-electron chi connectivity index (χ1n) is 12.4. The Kier molecular flexibility index (Phi) is 7.49. The van der Waals surface area contributed by atoms with Gasteiger partial charge in [0.1, 0.15) is 16.9 Å². The Morgan fingerprint density at radius 3 is 2.58 bits per heavy atom. The van der Waals surface area contributed by atoms with Gasteiger partial charge in [-0.25, -0.2) is 9.78 Å². The monoisotopic (exact) mass is 520 g/mol. The van der Waals surface area contributed by atoms with Crippen LogP contribution in [-0.4, -0.2) is 50.3 Å². The Hall–Kier alpha value is -4.25. The number of imidazole rings is 1. The van der Waals surface area contributed by atoms with Crippen LogP contribution in [0.4, 0.5) is 10.5 Å². The Morgan fingerprint density at radius 2 is 1.89 bits per heavy atom. The van der Waals surface area contributed by atoms with Gasteiger partial charge in [0.05, 0.1) is 19.4 Å². The maximum atomic E-state index is 13.0. The number of hydrogen-bond donors (Lipinski definition) is 2. The van der Waals surface area contributed by atoms with E-state index in [2.05, 4.69) is 25.8 Å². The number of ether oxygens (including phenoxy) is 2. The molecule has 0 saturated carbocycles. The average molecular weight is 521 g/mol. The fourth-order valence-corrected chi connectivity index (χ4v) is 3.77. The highest BCUT2D eigenvalue weighted by Gasteiger charge is 2.48. The van der Waals surface area contributed by atoms with E-state index in [4.69, 9.17) is 14.0 Å². The van der Waals surface area contributed by atoms with Gasteiger partial charge >= 0.3 is 6.09 Å². The van der Waals surface area contributed by atoms with Crippen molar-refractivity contribution in [3.05, 3.63) is 65.9 Å². The zero-order valence-electron chi connectivity index (χ0n) is 22.4. The molecule has 11 heteroatoms. The van der Waals surface area contributed by atoms with Crippen molar-refractivity contribution in [3.63, 3.8) is 0 Å². The standard InChI is InChI=1S/C25H26N6O5.C2H6/c1-15-8-9-16(11-17(15)27-21(32)18-12-26-19-7-5-6-10-31(18)19)20-28-22(36-30-20)25(13-34-14-25)29-23(33)35-24(2,3)4;1-2/h5-12H,13-14H2,1-4H3,(H,27,32)(H,29,33);1-2H3. The lowest BCUT2D eigenvalue weighted by atomic mass is 9.97. The number of benzene rings is 1. The Labute approximate surface area is 220 Å². The fourth-order valence-electron chi connectivity index (χ4n) is 3.77. The van der Waals surface area contributed by atoms with Gasteiger partial charge in [0, 0.05) is 17.4 Å². The molecular formula is C27H32N6O5. The summed E-state index contributed by atoms with van der Waals surface area (Å²) in [5.41, 5.74) is 1.58. The predicted molar refractivity (Wildman–Crippen MR) is 141 cm³/mol. The maximum absolute atomic E-state index is 13.0. The van der Waals surface area contributed by atoms with Gasteiger partial charge in [-0.1, -0.05) is 37.2 Å². The van der Waals surface area contributed by atoms with Gasteiger partial charge in [0.15, 0.2) is 5.54 Å². The summed E-state index contributed by atoms with van der Waals surface area (Å²) in [5.74, 6) is 0.231. The van der Waals surface area contributed by atoms with E-state index in [1.165, 1.54) is 6.20 Å². The molecule has 1 aliphatic heterocycles. The molecule has 38 heavy (non-hydrogen) atoms. The quantitative estimate of drug-likeness (QED) is 0.386. The molecule has 0 unspecified atom stereocenters. The van der Waals surface area contributed by atoms with Gasteiger partial charge in [-0.3, -0.25) is 9.20 Å². The van der Waals surface area contributed by atoms with Gasteiger partial charge in [0.25, 0.3) is 11.8 Å². The van der Waals surface area contributed by atoms with E-state index >= 15 is 0 Å². The third-order valence-corrected chi connectivity index (χ3v) is 5.67. The smallest absolute Gasteiger partial charge is 0.408 e. The SMILES string of the molecule is CC.Cc1ccc(-c2noc(C3(NC(=O)OC(C)(C)C)COC3)n2)cc1NC(=O)c1cnc2ccccn12. The molecule has 1 saturated heterocycles. The summed E-state index contributed by atoms with van der Waals surface area (Å²) in [6, 6.07) is 11.0. The molecule has 0 atom stereocenters. The highest BCUT2D eigenvalue weighted by molar-refractivity contribution is 6.04. The van der Waals surface area contributed by atoms with Gasteiger partial charge < -0.3 is 24.6 Å². The van der Waals surface area contributed by atoms with E-state index < -0.39 is 17.2 Å². The number of aryl methyl sites for hydroxylation is 1. The van der Waals surface area contributed by atoms with Crippen molar-refractivity contribution in [2.45, 2.75) is 52.7 Å². The number of amides is 2. The van der Waals surface area contributed by atoms with Gasteiger partial charge in [0.2, 0.25) is 5.82 Å². The molecule has 0 radical (unpaired) electrons. The summed E-state index contributed by atoms with van der Waals surface area (Å²) in [6.07, 6.45) is 2.72. The Bertz CT molecular complexity index is 1450. The van der Waals surface area contributed by atoms with Crippen LogP contribution in [0.5, 0.6) is 0 Å². The molecule has 1 fully saturated rings. The van der Waals surface area contributed by atoms with E-state index in [9.17, 15) is 9.59 Å². The minimum atomic E-state index is -0.960. The summed E-state index contributed by atoms with van der Waals surface area (Å²) >= 11 is 0. The van der Waals surface area contributed by atoms with Crippen molar-refractivity contribution in [1.82, 2.24) is 24.8 Å². The highest BCUT2D eigenvalue weighted by atomic mass is 16.6. The molecular weight excluding hydrogens is 488 g/mol. The first kappa shape index (κ1) is 26.8. The van der Waals surface area contributed by atoms with Crippen LogP contribution in [0.25, 0.3) is 17.0 Å². The van der Waals surface area contributed by atoms with Gasteiger partial charge in [-0.05, 0) is 51.5 Å². The van der Waals surface area contributed by atoms with Crippen molar-refractivity contribution in [3.8, 4) is 11.4 Å². The number of fused-ring (bicyclic) bond motifs is 1. The molecule has 4 heterocycles. The fraction of sp³-hybridized carbons (Fsp3) is 0.370. The summed E-state index contributed by atoms with van der Waals surface area (Å²) in [6.45, 7) is 11.6. The first-order valence-corrected chi connectivity index (χ1v) is 12.4. The largest absolute Gasteiger partial charge is 0.444 e. The minimum absolute atomic E-state index is 0.183. The van der Waals surface area contributed by atoms with Crippen LogP contribution in [0, 0.1) is 6.92 Å². The number of anilines is 1. The molecule has 11 nitrogen and oxygen atoms in total.